The molecule has 1 heterocycles. The molecular formula is C9H7F3N2O4. The Morgan fingerprint density at radius 1 is 1.61 bits per heavy atom. The van der Waals surface area contributed by atoms with Gasteiger partial charge < -0.3 is 4.74 Å². The van der Waals surface area contributed by atoms with Crippen LogP contribution < -0.4 is 0 Å². The summed E-state index contributed by atoms with van der Waals surface area (Å²) in [7, 11) is 0.980. The highest BCUT2D eigenvalue weighted by Crippen LogP contribution is 2.31. The van der Waals surface area contributed by atoms with Crippen LogP contribution >= 0.6 is 0 Å². The lowest BCUT2D eigenvalue weighted by Crippen LogP contribution is -2.12. The molecule has 0 unspecified atom stereocenters. The van der Waals surface area contributed by atoms with Gasteiger partial charge in [0.1, 0.15) is 6.20 Å². The zero-order chi connectivity index (χ0) is 13.9. The van der Waals surface area contributed by atoms with E-state index in [9.17, 15) is 28.1 Å². The average Bonchev–Trinajstić information content (AvgIpc) is 2.27. The molecule has 0 aliphatic heterocycles. The summed E-state index contributed by atoms with van der Waals surface area (Å²) in [4.78, 5) is 23.5. The molecule has 0 saturated carbocycles. The minimum atomic E-state index is -3.32. The molecule has 0 aromatic carbocycles. The van der Waals surface area contributed by atoms with Crippen LogP contribution in [0, 0.1) is 16.1 Å². The number of rotatable bonds is 4. The maximum Gasteiger partial charge on any atom is 0.310 e. The minimum absolute atomic E-state index is 0.486. The standard InChI is InChI=1S/C9H7F3N2O4/c1-18-6(15)2-4-5(14(16)17)3-13-9(12)7(4)8(10)11/h3,8H,2H2,1H3. The van der Waals surface area contributed by atoms with E-state index in [4.69, 9.17) is 0 Å². The molecular weight excluding hydrogens is 257 g/mol. The first-order valence-electron chi connectivity index (χ1n) is 4.55. The molecule has 0 amide bonds. The first kappa shape index (κ1) is 13.9. The molecule has 0 radical (unpaired) electrons. The average molecular weight is 264 g/mol. The van der Waals surface area contributed by atoms with E-state index in [-0.39, 0.29) is 0 Å². The Bertz CT molecular complexity index is 493. The highest BCUT2D eigenvalue weighted by Gasteiger charge is 2.29. The topological polar surface area (TPSA) is 82.3 Å². The van der Waals surface area contributed by atoms with Crippen LogP contribution in [0.3, 0.4) is 0 Å². The monoisotopic (exact) mass is 264 g/mol. The Morgan fingerprint density at radius 2 is 2.22 bits per heavy atom. The van der Waals surface area contributed by atoms with Gasteiger partial charge in [0.2, 0.25) is 5.95 Å². The van der Waals surface area contributed by atoms with Crippen molar-refractivity contribution in [2.75, 3.05) is 7.11 Å². The molecule has 0 saturated heterocycles. The van der Waals surface area contributed by atoms with Crippen molar-refractivity contribution in [2.24, 2.45) is 0 Å². The molecule has 18 heavy (non-hydrogen) atoms. The second kappa shape index (κ2) is 5.43. The van der Waals surface area contributed by atoms with Crippen LogP contribution in [0.1, 0.15) is 17.6 Å². The number of hydrogen-bond donors (Lipinski definition) is 0. The number of methoxy groups -OCH3 is 1. The summed E-state index contributed by atoms with van der Waals surface area (Å²) >= 11 is 0. The van der Waals surface area contributed by atoms with Gasteiger partial charge in [-0.15, -0.1) is 0 Å². The first-order chi connectivity index (χ1) is 8.38. The number of alkyl halides is 2. The Balaban J connectivity index is 3.43. The molecule has 0 fully saturated rings. The van der Waals surface area contributed by atoms with Gasteiger partial charge in [0.25, 0.3) is 12.1 Å². The van der Waals surface area contributed by atoms with Gasteiger partial charge in [0, 0.05) is 0 Å². The van der Waals surface area contributed by atoms with Gasteiger partial charge >= 0.3 is 5.97 Å². The molecule has 0 spiro atoms. The lowest BCUT2D eigenvalue weighted by Gasteiger charge is -2.08. The van der Waals surface area contributed by atoms with E-state index in [0.717, 1.165) is 7.11 Å². The molecule has 98 valence electrons. The SMILES string of the molecule is COC(=O)Cc1c([N+](=O)[O-])cnc(F)c1C(F)F. The van der Waals surface area contributed by atoms with Crippen LogP contribution in [0.4, 0.5) is 18.9 Å². The van der Waals surface area contributed by atoms with Crippen LogP contribution in [0.15, 0.2) is 6.20 Å². The molecule has 9 heteroatoms. The third-order valence-electron chi connectivity index (χ3n) is 2.12. The number of pyridine rings is 1. The number of esters is 1. The van der Waals surface area contributed by atoms with Crippen molar-refractivity contribution in [3.05, 3.63) is 33.4 Å². The third-order valence-corrected chi connectivity index (χ3v) is 2.12. The zero-order valence-electron chi connectivity index (χ0n) is 9.02. The molecule has 1 rings (SSSR count). The van der Waals surface area contributed by atoms with E-state index >= 15 is 0 Å². The Morgan fingerprint density at radius 3 is 2.67 bits per heavy atom. The van der Waals surface area contributed by atoms with Crippen molar-refractivity contribution in [1.29, 1.82) is 0 Å². The van der Waals surface area contributed by atoms with Crippen LogP contribution in [0.25, 0.3) is 0 Å². The first-order valence-corrected chi connectivity index (χ1v) is 4.55. The van der Waals surface area contributed by atoms with E-state index in [0.29, 0.717) is 6.20 Å². The van der Waals surface area contributed by atoms with Crippen molar-refractivity contribution >= 4 is 11.7 Å². The number of nitrogens with zero attached hydrogens (tertiary/aromatic N) is 2. The fraction of sp³-hybridized carbons (Fsp3) is 0.333. The van der Waals surface area contributed by atoms with Crippen LogP contribution in [-0.2, 0) is 16.0 Å². The Hall–Kier alpha value is -2.19. The van der Waals surface area contributed by atoms with Gasteiger partial charge in [-0.3, -0.25) is 14.9 Å². The third kappa shape index (κ3) is 2.73. The molecule has 6 nitrogen and oxygen atoms in total. The molecule has 0 N–H and O–H groups in total. The van der Waals surface area contributed by atoms with Crippen molar-refractivity contribution in [3.8, 4) is 0 Å². The summed E-state index contributed by atoms with van der Waals surface area (Å²) in [6, 6.07) is 0. The zero-order valence-corrected chi connectivity index (χ0v) is 9.02. The van der Waals surface area contributed by atoms with Gasteiger partial charge in [-0.2, -0.15) is 4.39 Å². The summed E-state index contributed by atoms with van der Waals surface area (Å²) in [5.41, 5.74) is -2.83. The highest BCUT2D eigenvalue weighted by atomic mass is 19.3. The highest BCUT2D eigenvalue weighted by molar-refractivity contribution is 5.74. The maximum absolute atomic E-state index is 13.1. The van der Waals surface area contributed by atoms with Gasteiger partial charge in [-0.25, -0.2) is 13.8 Å². The lowest BCUT2D eigenvalue weighted by atomic mass is 10.1. The second-order valence-electron chi connectivity index (χ2n) is 3.14. The van der Waals surface area contributed by atoms with Crippen LogP contribution in [0.5, 0.6) is 0 Å². The summed E-state index contributed by atoms with van der Waals surface area (Å²) in [5.74, 6) is -2.54. The van der Waals surface area contributed by atoms with Crippen LogP contribution in [0.2, 0.25) is 0 Å². The van der Waals surface area contributed by atoms with Crippen molar-refractivity contribution in [2.45, 2.75) is 12.8 Å². The number of hydrogen-bond acceptors (Lipinski definition) is 5. The predicted molar refractivity (Wildman–Crippen MR) is 51.5 cm³/mol. The number of ether oxygens (including phenoxy) is 1. The summed E-state index contributed by atoms with van der Waals surface area (Å²) in [6.45, 7) is 0. The van der Waals surface area contributed by atoms with Gasteiger partial charge in [-0.1, -0.05) is 0 Å². The fourth-order valence-corrected chi connectivity index (χ4v) is 1.31. The Labute approximate surface area is 98.5 Å². The van der Waals surface area contributed by atoms with E-state index in [1.165, 1.54) is 0 Å². The summed E-state index contributed by atoms with van der Waals surface area (Å²) in [5, 5.41) is 10.6. The minimum Gasteiger partial charge on any atom is -0.469 e. The van der Waals surface area contributed by atoms with E-state index < -0.39 is 46.5 Å². The molecule has 1 aromatic heterocycles. The second-order valence-corrected chi connectivity index (χ2v) is 3.14. The van der Waals surface area contributed by atoms with Crippen molar-refractivity contribution in [3.63, 3.8) is 0 Å². The number of aromatic nitrogens is 1. The number of carbonyl (C=O) groups is 1. The lowest BCUT2D eigenvalue weighted by molar-refractivity contribution is -0.386. The smallest absolute Gasteiger partial charge is 0.310 e. The van der Waals surface area contributed by atoms with Gasteiger partial charge in [0.15, 0.2) is 0 Å². The van der Waals surface area contributed by atoms with Gasteiger partial charge in [-0.05, 0) is 0 Å². The van der Waals surface area contributed by atoms with E-state index in [1.807, 2.05) is 0 Å². The summed E-state index contributed by atoms with van der Waals surface area (Å²) < 4.78 is 42.6. The Kier molecular flexibility index (Phi) is 4.18. The fourth-order valence-electron chi connectivity index (χ4n) is 1.31. The van der Waals surface area contributed by atoms with E-state index in [1.54, 1.807) is 0 Å². The molecule has 0 aliphatic carbocycles. The molecule has 1 aromatic rings. The maximum atomic E-state index is 13.1. The summed E-state index contributed by atoms with van der Waals surface area (Å²) in [6.07, 6.45) is -3.66. The molecule has 0 bridgehead atoms. The van der Waals surface area contributed by atoms with Crippen molar-refractivity contribution < 1.29 is 27.6 Å². The number of halogens is 3. The molecule has 0 aliphatic rings. The largest absolute Gasteiger partial charge is 0.469 e. The quantitative estimate of drug-likeness (QED) is 0.358. The molecule has 0 atom stereocenters. The predicted octanol–water partition coefficient (Wildman–Crippen LogP) is 1.78. The number of carbonyl (C=O) groups excluding carboxylic acids is 1. The van der Waals surface area contributed by atoms with E-state index in [2.05, 4.69) is 9.72 Å². The number of nitro groups is 1. The van der Waals surface area contributed by atoms with Gasteiger partial charge in [0.05, 0.1) is 29.6 Å². The van der Waals surface area contributed by atoms with Crippen molar-refractivity contribution in [1.82, 2.24) is 4.98 Å². The normalized spacial score (nSPS) is 10.5. The van der Waals surface area contributed by atoms with Crippen LogP contribution in [-0.4, -0.2) is 23.0 Å².